The van der Waals surface area contributed by atoms with Gasteiger partial charge in [0.05, 0.1) is 31.6 Å². The third kappa shape index (κ3) is 7.03. The SMILES string of the molecule is CCOC(=O)CCN(Cc1ccco1)C(=O)c1ccc(CSc2cc(C(C)(C)C)ccc2C)o1. The Bertz CT molecular complexity index is 1090. The minimum Gasteiger partial charge on any atom is -0.467 e. The van der Waals surface area contributed by atoms with E-state index in [2.05, 4.69) is 45.9 Å². The van der Waals surface area contributed by atoms with E-state index < -0.39 is 0 Å². The van der Waals surface area contributed by atoms with Gasteiger partial charge in [0.2, 0.25) is 0 Å². The molecule has 0 unspecified atom stereocenters. The summed E-state index contributed by atoms with van der Waals surface area (Å²) in [6.07, 6.45) is 1.66. The average molecular weight is 484 g/mol. The van der Waals surface area contributed by atoms with Crippen LogP contribution in [0.3, 0.4) is 0 Å². The van der Waals surface area contributed by atoms with Crippen molar-refractivity contribution < 1.29 is 23.2 Å². The van der Waals surface area contributed by atoms with Crippen LogP contribution in [0.1, 0.15) is 67.3 Å². The van der Waals surface area contributed by atoms with Crippen LogP contribution in [0.15, 0.2) is 62.5 Å². The number of benzene rings is 1. The standard InChI is InChI=1S/C27H33NO5S/c1-6-31-25(29)13-14-28(17-21-8-7-15-32-21)26(30)23-12-11-22(33-23)18-34-24-16-20(27(3,4)5)10-9-19(24)2/h7-12,15-16H,6,13-14,17-18H2,1-5H3. The lowest BCUT2D eigenvalue weighted by Crippen LogP contribution is -2.32. The molecule has 0 atom stereocenters. The van der Waals surface area contributed by atoms with Crippen molar-refractivity contribution in [1.29, 1.82) is 0 Å². The molecule has 34 heavy (non-hydrogen) atoms. The third-order valence-corrected chi connectivity index (χ3v) is 6.58. The molecule has 1 aromatic carbocycles. The fraction of sp³-hybridized carbons (Fsp3) is 0.407. The normalized spacial score (nSPS) is 11.4. The van der Waals surface area contributed by atoms with Gasteiger partial charge >= 0.3 is 5.97 Å². The Hall–Kier alpha value is -2.93. The van der Waals surface area contributed by atoms with Gasteiger partial charge in [-0.3, -0.25) is 9.59 Å². The summed E-state index contributed by atoms with van der Waals surface area (Å²) in [6.45, 7) is 11.2. The van der Waals surface area contributed by atoms with E-state index in [1.54, 1.807) is 48.0 Å². The summed E-state index contributed by atoms with van der Waals surface area (Å²) in [6, 6.07) is 13.6. The molecule has 2 heterocycles. The predicted molar refractivity (Wildman–Crippen MR) is 133 cm³/mol. The first-order chi connectivity index (χ1) is 16.2. The van der Waals surface area contributed by atoms with E-state index in [1.807, 2.05) is 6.07 Å². The molecule has 0 fully saturated rings. The Kier molecular flexibility index (Phi) is 8.67. The summed E-state index contributed by atoms with van der Waals surface area (Å²) in [4.78, 5) is 27.8. The summed E-state index contributed by atoms with van der Waals surface area (Å²) in [7, 11) is 0. The quantitative estimate of drug-likeness (QED) is 0.247. The maximum absolute atomic E-state index is 13.2. The summed E-state index contributed by atoms with van der Waals surface area (Å²) < 4.78 is 16.3. The fourth-order valence-corrected chi connectivity index (χ4v) is 4.36. The largest absolute Gasteiger partial charge is 0.467 e. The van der Waals surface area contributed by atoms with Gasteiger partial charge in [0, 0.05) is 11.4 Å². The van der Waals surface area contributed by atoms with Crippen molar-refractivity contribution in [1.82, 2.24) is 4.90 Å². The lowest BCUT2D eigenvalue weighted by Gasteiger charge is -2.20. The monoisotopic (exact) mass is 483 g/mol. The molecule has 3 aromatic rings. The van der Waals surface area contributed by atoms with Crippen LogP contribution in [0.5, 0.6) is 0 Å². The van der Waals surface area contributed by atoms with Crippen molar-refractivity contribution in [3.8, 4) is 0 Å². The molecular formula is C27H33NO5S. The van der Waals surface area contributed by atoms with Gasteiger partial charge < -0.3 is 18.5 Å². The van der Waals surface area contributed by atoms with Crippen molar-refractivity contribution in [3.63, 3.8) is 0 Å². The van der Waals surface area contributed by atoms with Gasteiger partial charge in [-0.2, -0.15) is 0 Å². The summed E-state index contributed by atoms with van der Waals surface area (Å²) >= 11 is 1.69. The first kappa shape index (κ1) is 25.7. The summed E-state index contributed by atoms with van der Waals surface area (Å²) in [5, 5.41) is 0. The highest BCUT2D eigenvalue weighted by molar-refractivity contribution is 7.98. The second-order valence-electron chi connectivity index (χ2n) is 9.15. The van der Waals surface area contributed by atoms with Gasteiger partial charge in [-0.1, -0.05) is 32.9 Å². The van der Waals surface area contributed by atoms with Crippen LogP contribution in [0, 0.1) is 6.92 Å². The third-order valence-electron chi connectivity index (χ3n) is 5.40. The van der Waals surface area contributed by atoms with Gasteiger partial charge in [0.1, 0.15) is 11.5 Å². The number of amides is 1. The zero-order chi connectivity index (χ0) is 24.7. The fourth-order valence-electron chi connectivity index (χ4n) is 3.40. The summed E-state index contributed by atoms with van der Waals surface area (Å²) in [5.41, 5.74) is 2.57. The first-order valence-electron chi connectivity index (χ1n) is 11.5. The number of thioether (sulfide) groups is 1. The Labute approximate surface area is 205 Å². The van der Waals surface area contributed by atoms with Crippen LogP contribution in [0.2, 0.25) is 0 Å². The molecular weight excluding hydrogens is 450 g/mol. The smallest absolute Gasteiger partial charge is 0.307 e. The molecule has 182 valence electrons. The van der Waals surface area contributed by atoms with Crippen LogP contribution >= 0.6 is 11.8 Å². The van der Waals surface area contributed by atoms with Gasteiger partial charge in [0.15, 0.2) is 5.76 Å². The maximum atomic E-state index is 13.2. The van der Waals surface area contributed by atoms with Gasteiger partial charge in [-0.25, -0.2) is 0 Å². The molecule has 0 radical (unpaired) electrons. The van der Waals surface area contributed by atoms with Gasteiger partial charge in [-0.15, -0.1) is 11.8 Å². The molecule has 1 amide bonds. The minimum absolute atomic E-state index is 0.0777. The van der Waals surface area contributed by atoms with E-state index >= 15 is 0 Å². The van der Waals surface area contributed by atoms with E-state index in [4.69, 9.17) is 13.6 Å². The molecule has 7 heteroatoms. The van der Waals surface area contributed by atoms with E-state index in [0.29, 0.717) is 18.1 Å². The number of hydrogen-bond donors (Lipinski definition) is 0. The van der Waals surface area contributed by atoms with Crippen LogP contribution in [0.4, 0.5) is 0 Å². The van der Waals surface area contributed by atoms with Crippen molar-refractivity contribution in [3.05, 3.63) is 77.1 Å². The Morgan fingerprint density at radius 2 is 1.88 bits per heavy atom. The van der Waals surface area contributed by atoms with Crippen LogP contribution < -0.4 is 0 Å². The average Bonchev–Trinajstić information content (AvgIpc) is 3.47. The number of esters is 1. The molecule has 0 spiro atoms. The van der Waals surface area contributed by atoms with E-state index in [0.717, 1.165) is 5.76 Å². The highest BCUT2D eigenvalue weighted by Gasteiger charge is 2.22. The number of ether oxygens (including phenoxy) is 1. The molecule has 0 bridgehead atoms. The Morgan fingerprint density at radius 1 is 1.09 bits per heavy atom. The first-order valence-corrected chi connectivity index (χ1v) is 12.5. The van der Waals surface area contributed by atoms with Crippen LogP contribution in [0.25, 0.3) is 0 Å². The topological polar surface area (TPSA) is 72.9 Å². The second-order valence-corrected chi connectivity index (χ2v) is 10.2. The van der Waals surface area contributed by atoms with Crippen molar-refractivity contribution in [2.75, 3.05) is 13.2 Å². The van der Waals surface area contributed by atoms with Crippen molar-refractivity contribution in [2.45, 2.75) is 63.6 Å². The lowest BCUT2D eigenvalue weighted by atomic mass is 9.87. The number of aryl methyl sites for hydroxylation is 1. The molecule has 2 aromatic heterocycles. The van der Waals surface area contributed by atoms with Gasteiger partial charge in [-0.05, 0) is 60.7 Å². The molecule has 0 aliphatic heterocycles. The molecule has 6 nitrogen and oxygen atoms in total. The zero-order valence-corrected chi connectivity index (χ0v) is 21.4. The molecule has 0 N–H and O–H groups in total. The molecule has 0 aliphatic carbocycles. The number of hydrogen-bond acceptors (Lipinski definition) is 6. The van der Waals surface area contributed by atoms with E-state index in [1.165, 1.54) is 16.0 Å². The van der Waals surface area contributed by atoms with Crippen molar-refractivity contribution in [2.24, 2.45) is 0 Å². The highest BCUT2D eigenvalue weighted by Crippen LogP contribution is 2.32. The van der Waals surface area contributed by atoms with Crippen molar-refractivity contribution >= 4 is 23.6 Å². The highest BCUT2D eigenvalue weighted by atomic mass is 32.2. The number of rotatable bonds is 10. The number of carbonyl (C=O) groups excluding carboxylic acids is 2. The van der Waals surface area contributed by atoms with Gasteiger partial charge in [0.25, 0.3) is 5.91 Å². The predicted octanol–water partition coefficient (Wildman–Crippen LogP) is 6.37. The molecule has 3 rings (SSSR count). The molecule has 0 aliphatic rings. The summed E-state index contributed by atoms with van der Waals surface area (Å²) in [5.74, 6) is 1.58. The molecule has 0 saturated heterocycles. The van der Waals surface area contributed by atoms with E-state index in [9.17, 15) is 9.59 Å². The Balaban J connectivity index is 1.68. The Morgan fingerprint density at radius 3 is 2.56 bits per heavy atom. The number of nitrogens with zero attached hydrogens (tertiary/aromatic N) is 1. The number of furan rings is 2. The van der Waals surface area contributed by atoms with Crippen LogP contribution in [-0.2, 0) is 27.2 Å². The maximum Gasteiger partial charge on any atom is 0.307 e. The zero-order valence-electron chi connectivity index (χ0n) is 20.6. The van der Waals surface area contributed by atoms with Crippen LogP contribution in [-0.4, -0.2) is 29.9 Å². The second kappa shape index (κ2) is 11.5. The van der Waals surface area contributed by atoms with E-state index in [-0.39, 0.29) is 42.6 Å². The number of carbonyl (C=O) groups is 2. The molecule has 0 saturated carbocycles. The minimum atomic E-state index is -0.343. The lowest BCUT2D eigenvalue weighted by molar-refractivity contribution is -0.143.